The summed E-state index contributed by atoms with van der Waals surface area (Å²) in [5.41, 5.74) is 4.78. The summed E-state index contributed by atoms with van der Waals surface area (Å²) in [5.74, 6) is 0.910. The molecule has 33 heavy (non-hydrogen) atoms. The molecule has 5 rings (SSSR count). The molecular weight excluding hydrogens is 420 g/mol. The van der Waals surface area contributed by atoms with Crippen molar-refractivity contribution in [3.05, 3.63) is 63.8 Å². The number of imidazole rings is 1. The third kappa shape index (κ3) is 3.12. The maximum Gasteiger partial charge on any atom is 0.334 e. The summed E-state index contributed by atoms with van der Waals surface area (Å²) in [4.78, 5) is 38.8. The van der Waals surface area contributed by atoms with Crippen LogP contribution in [-0.4, -0.2) is 51.9 Å². The van der Waals surface area contributed by atoms with Crippen LogP contribution in [0.5, 0.6) is 5.75 Å². The minimum atomic E-state index is -0.249. The van der Waals surface area contributed by atoms with E-state index in [2.05, 4.69) is 20.3 Å². The van der Waals surface area contributed by atoms with E-state index in [0.29, 0.717) is 45.8 Å². The number of aryl methyl sites for hydroxylation is 2. The van der Waals surface area contributed by atoms with Crippen molar-refractivity contribution in [2.24, 2.45) is 12.0 Å². The second kappa shape index (κ2) is 7.70. The number of nitrogens with zero attached hydrogens (tertiary/aromatic N) is 5. The second-order valence-electron chi connectivity index (χ2n) is 7.84. The molecule has 0 unspecified atom stereocenters. The Bertz CT molecular complexity index is 1580. The highest BCUT2D eigenvalue weighted by Crippen LogP contribution is 2.34. The molecule has 1 aliphatic heterocycles. The van der Waals surface area contributed by atoms with Crippen LogP contribution in [0.3, 0.4) is 0 Å². The number of aromatic nitrogens is 4. The van der Waals surface area contributed by atoms with Crippen LogP contribution in [0.1, 0.15) is 21.5 Å². The Balaban J connectivity index is 1.86. The zero-order valence-electron chi connectivity index (χ0n) is 18.7. The van der Waals surface area contributed by atoms with Crippen molar-refractivity contribution in [1.29, 1.82) is 0 Å². The van der Waals surface area contributed by atoms with E-state index in [9.17, 15) is 9.59 Å². The van der Waals surface area contributed by atoms with Crippen molar-refractivity contribution >= 4 is 39.6 Å². The van der Waals surface area contributed by atoms with E-state index in [1.54, 1.807) is 42.6 Å². The Morgan fingerprint density at radius 3 is 2.67 bits per heavy atom. The summed E-state index contributed by atoms with van der Waals surface area (Å²) in [6, 6.07) is 5.58. The van der Waals surface area contributed by atoms with Crippen molar-refractivity contribution in [3.63, 3.8) is 0 Å². The molecule has 4 aromatic rings. The van der Waals surface area contributed by atoms with E-state index < -0.39 is 0 Å². The number of carbonyl (C=O) groups is 1. The summed E-state index contributed by atoms with van der Waals surface area (Å²) in [7, 11) is 4.89. The molecule has 9 heteroatoms. The lowest BCUT2D eigenvalue weighted by atomic mass is 10.0. The topological polar surface area (TPSA) is 103 Å². The standard InChI is InChI=1S/C24H22N6O3/c1-13-7-15(23(31)25-2)11-28-22(13)30-21-17-8-16(14-5-6-26-10-14)20(33-4)9-18(17)27-12-19(21)29(3)24(30)32/h5,7-12H,6H2,1-4H3,(H,25,31). The van der Waals surface area contributed by atoms with Crippen LogP contribution in [0, 0.1) is 6.92 Å². The number of hydrogen-bond donors (Lipinski definition) is 1. The van der Waals surface area contributed by atoms with E-state index >= 15 is 0 Å². The summed E-state index contributed by atoms with van der Waals surface area (Å²) >= 11 is 0. The Kier molecular flexibility index (Phi) is 4.81. The van der Waals surface area contributed by atoms with Gasteiger partial charge in [0.05, 0.1) is 42.0 Å². The average molecular weight is 442 g/mol. The molecule has 0 bridgehead atoms. The Hall–Kier alpha value is -4.27. The largest absolute Gasteiger partial charge is 0.496 e. The molecular formula is C24H22N6O3. The van der Waals surface area contributed by atoms with Gasteiger partial charge in [0.15, 0.2) is 0 Å². The molecule has 0 atom stereocenters. The fraction of sp³-hybridized carbons (Fsp3) is 0.208. The smallest absolute Gasteiger partial charge is 0.334 e. The normalized spacial score (nSPS) is 13.0. The maximum absolute atomic E-state index is 13.3. The number of pyridine rings is 2. The van der Waals surface area contributed by atoms with Crippen molar-refractivity contribution in [2.75, 3.05) is 20.7 Å². The number of allylic oxidation sites excluding steroid dienone is 1. The first-order chi connectivity index (χ1) is 15.9. The molecule has 1 aromatic carbocycles. The molecule has 1 aliphatic rings. The zero-order chi connectivity index (χ0) is 23.3. The van der Waals surface area contributed by atoms with Gasteiger partial charge in [-0.2, -0.15) is 0 Å². The van der Waals surface area contributed by atoms with Crippen LogP contribution in [0.25, 0.3) is 33.3 Å². The third-order valence-electron chi connectivity index (χ3n) is 5.91. The summed E-state index contributed by atoms with van der Waals surface area (Å²) in [5, 5.41) is 3.38. The number of amides is 1. The zero-order valence-corrected chi connectivity index (χ0v) is 18.7. The SMILES string of the molecule is CNC(=O)c1cnc(-n2c(=O)n(C)c3cnc4cc(OC)c(C5=CCN=C5)cc4c32)c(C)c1. The molecule has 166 valence electrons. The predicted octanol–water partition coefficient (Wildman–Crippen LogP) is 2.42. The Labute approximate surface area is 189 Å². The van der Waals surface area contributed by atoms with Crippen LogP contribution in [0.2, 0.25) is 0 Å². The number of nitrogens with one attached hydrogen (secondary N) is 1. The molecule has 0 saturated heterocycles. The summed E-state index contributed by atoms with van der Waals surface area (Å²) in [6.07, 6.45) is 7.00. The van der Waals surface area contributed by atoms with Gasteiger partial charge in [0.1, 0.15) is 11.6 Å². The lowest BCUT2D eigenvalue weighted by Crippen LogP contribution is -2.23. The quantitative estimate of drug-likeness (QED) is 0.523. The van der Waals surface area contributed by atoms with E-state index in [1.807, 2.05) is 31.3 Å². The molecule has 0 fully saturated rings. The first-order valence-corrected chi connectivity index (χ1v) is 10.4. The third-order valence-corrected chi connectivity index (χ3v) is 5.91. The number of carbonyl (C=O) groups excluding carboxylic acids is 1. The van der Waals surface area contributed by atoms with E-state index in [-0.39, 0.29) is 11.6 Å². The van der Waals surface area contributed by atoms with E-state index in [4.69, 9.17) is 4.74 Å². The first-order valence-electron chi connectivity index (χ1n) is 10.4. The minimum absolute atomic E-state index is 0.236. The van der Waals surface area contributed by atoms with Crippen LogP contribution in [0.15, 0.2) is 46.5 Å². The number of aliphatic imine (C=N–C) groups is 1. The van der Waals surface area contributed by atoms with Crippen molar-refractivity contribution < 1.29 is 9.53 Å². The molecule has 0 aliphatic carbocycles. The highest BCUT2D eigenvalue weighted by atomic mass is 16.5. The Morgan fingerprint density at radius 2 is 2.00 bits per heavy atom. The van der Waals surface area contributed by atoms with Crippen molar-refractivity contribution in [1.82, 2.24) is 24.4 Å². The van der Waals surface area contributed by atoms with Gasteiger partial charge >= 0.3 is 5.69 Å². The van der Waals surface area contributed by atoms with Gasteiger partial charge in [-0.05, 0) is 24.6 Å². The van der Waals surface area contributed by atoms with Gasteiger partial charge in [-0.15, -0.1) is 0 Å². The van der Waals surface area contributed by atoms with Crippen LogP contribution in [0.4, 0.5) is 0 Å². The monoisotopic (exact) mass is 442 g/mol. The van der Waals surface area contributed by atoms with Gasteiger partial charge in [0.25, 0.3) is 5.91 Å². The highest BCUT2D eigenvalue weighted by molar-refractivity contribution is 6.15. The number of ether oxygens (including phenoxy) is 1. The molecule has 0 saturated carbocycles. The van der Waals surface area contributed by atoms with Crippen molar-refractivity contribution in [3.8, 4) is 11.6 Å². The van der Waals surface area contributed by atoms with Gasteiger partial charge in [0, 0.05) is 49.1 Å². The molecule has 9 nitrogen and oxygen atoms in total. The predicted molar refractivity (Wildman–Crippen MR) is 128 cm³/mol. The lowest BCUT2D eigenvalue weighted by molar-refractivity contribution is 0.0962. The molecule has 1 N–H and O–H groups in total. The minimum Gasteiger partial charge on any atom is -0.496 e. The molecule has 0 spiro atoms. The first kappa shape index (κ1) is 20.6. The number of benzene rings is 1. The van der Waals surface area contributed by atoms with E-state index in [1.165, 1.54) is 6.20 Å². The van der Waals surface area contributed by atoms with Gasteiger partial charge in [0.2, 0.25) is 0 Å². The number of rotatable bonds is 4. The van der Waals surface area contributed by atoms with Crippen LogP contribution < -0.4 is 15.7 Å². The molecule has 4 heterocycles. The van der Waals surface area contributed by atoms with Crippen molar-refractivity contribution in [2.45, 2.75) is 6.92 Å². The van der Waals surface area contributed by atoms with Crippen LogP contribution in [-0.2, 0) is 7.05 Å². The van der Waals surface area contributed by atoms with E-state index in [0.717, 1.165) is 16.5 Å². The number of fused-ring (bicyclic) bond motifs is 3. The maximum atomic E-state index is 13.3. The average Bonchev–Trinajstić information content (AvgIpc) is 3.45. The number of methoxy groups -OCH3 is 1. The van der Waals surface area contributed by atoms with Gasteiger partial charge < -0.3 is 10.1 Å². The number of hydrogen-bond acceptors (Lipinski definition) is 6. The fourth-order valence-corrected chi connectivity index (χ4v) is 4.22. The molecule has 3 aromatic heterocycles. The molecule has 0 radical (unpaired) electrons. The van der Waals surface area contributed by atoms with Crippen LogP contribution >= 0.6 is 0 Å². The van der Waals surface area contributed by atoms with Gasteiger partial charge in [-0.3, -0.25) is 19.3 Å². The Morgan fingerprint density at radius 1 is 1.18 bits per heavy atom. The summed E-state index contributed by atoms with van der Waals surface area (Å²) < 4.78 is 8.75. The van der Waals surface area contributed by atoms with Gasteiger partial charge in [-0.25, -0.2) is 14.3 Å². The molecule has 1 amide bonds. The van der Waals surface area contributed by atoms with Gasteiger partial charge in [-0.1, -0.05) is 6.08 Å². The highest BCUT2D eigenvalue weighted by Gasteiger charge is 2.21. The second-order valence-corrected chi connectivity index (χ2v) is 7.84. The summed E-state index contributed by atoms with van der Waals surface area (Å²) in [6.45, 7) is 2.45. The fourth-order valence-electron chi connectivity index (χ4n) is 4.22. The lowest BCUT2D eigenvalue weighted by Gasteiger charge is -2.12.